The van der Waals surface area contributed by atoms with E-state index in [2.05, 4.69) is 38.4 Å². The van der Waals surface area contributed by atoms with E-state index in [-0.39, 0.29) is 0 Å². The zero-order valence-corrected chi connectivity index (χ0v) is 11.5. The first-order valence-corrected chi connectivity index (χ1v) is 7.15. The van der Waals surface area contributed by atoms with Gasteiger partial charge in [-0.05, 0) is 63.6 Å². The number of hydrogen-bond donors (Lipinski definition) is 2. The van der Waals surface area contributed by atoms with E-state index in [0.717, 1.165) is 24.7 Å². The number of piperidine rings is 1. The lowest BCUT2D eigenvalue weighted by Crippen LogP contribution is -2.36. The smallest absolute Gasteiger partial charge is 0.137 e. The third kappa shape index (κ3) is 2.96. The predicted molar refractivity (Wildman–Crippen MR) is 78.0 cm³/mol. The quantitative estimate of drug-likeness (QED) is 0.881. The number of rotatable bonds is 4. The van der Waals surface area contributed by atoms with Crippen molar-refractivity contribution >= 4 is 11.0 Å². The van der Waals surface area contributed by atoms with Crippen LogP contribution >= 0.6 is 0 Å². The average molecular weight is 258 g/mol. The first-order chi connectivity index (χ1) is 9.35. The Morgan fingerprint density at radius 2 is 2.16 bits per heavy atom. The van der Waals surface area contributed by atoms with Crippen molar-refractivity contribution in [3.05, 3.63) is 30.1 Å². The van der Waals surface area contributed by atoms with Gasteiger partial charge in [-0.2, -0.15) is 0 Å². The Kier molecular flexibility index (Phi) is 3.80. The molecule has 0 aromatic carbocycles. The van der Waals surface area contributed by atoms with E-state index in [4.69, 9.17) is 0 Å². The standard InChI is InChI=1S/C15H22N4/c1-16-10-12-5-8-19(9-6-12)11-14-3-2-13-4-7-17-15(13)18-14/h2-4,7,12,16H,5-6,8-11H2,1H3,(H,17,18). The lowest BCUT2D eigenvalue weighted by atomic mass is 9.97. The molecule has 102 valence electrons. The molecule has 19 heavy (non-hydrogen) atoms. The molecule has 0 aliphatic carbocycles. The lowest BCUT2D eigenvalue weighted by molar-refractivity contribution is 0.175. The predicted octanol–water partition coefficient (Wildman–Crippen LogP) is 1.99. The van der Waals surface area contributed by atoms with E-state index in [1.165, 1.54) is 37.0 Å². The van der Waals surface area contributed by atoms with Crippen LogP contribution in [0.15, 0.2) is 24.4 Å². The van der Waals surface area contributed by atoms with Gasteiger partial charge in [-0.25, -0.2) is 4.98 Å². The Bertz CT molecular complexity index is 526. The van der Waals surface area contributed by atoms with Gasteiger partial charge in [0.05, 0.1) is 5.69 Å². The summed E-state index contributed by atoms with van der Waals surface area (Å²) in [5.41, 5.74) is 2.17. The van der Waals surface area contributed by atoms with Crippen molar-refractivity contribution in [2.24, 2.45) is 5.92 Å². The highest BCUT2D eigenvalue weighted by Gasteiger charge is 2.18. The first kappa shape index (κ1) is 12.6. The minimum absolute atomic E-state index is 0.847. The average Bonchev–Trinajstić information content (AvgIpc) is 2.89. The molecule has 1 saturated heterocycles. The highest BCUT2D eigenvalue weighted by molar-refractivity contribution is 5.75. The van der Waals surface area contributed by atoms with E-state index in [1.807, 2.05) is 13.2 Å². The number of hydrogen-bond acceptors (Lipinski definition) is 3. The second kappa shape index (κ2) is 5.72. The van der Waals surface area contributed by atoms with E-state index in [1.54, 1.807) is 0 Å². The van der Waals surface area contributed by atoms with Crippen molar-refractivity contribution in [3.8, 4) is 0 Å². The maximum atomic E-state index is 4.68. The highest BCUT2D eigenvalue weighted by Crippen LogP contribution is 2.18. The Labute approximate surface area is 114 Å². The molecule has 1 aliphatic heterocycles. The number of nitrogens with zero attached hydrogens (tertiary/aromatic N) is 2. The van der Waals surface area contributed by atoms with Crippen LogP contribution in [0, 0.1) is 5.92 Å². The van der Waals surface area contributed by atoms with Gasteiger partial charge in [0.25, 0.3) is 0 Å². The molecular weight excluding hydrogens is 236 g/mol. The molecule has 0 unspecified atom stereocenters. The summed E-state index contributed by atoms with van der Waals surface area (Å²) in [6.45, 7) is 4.51. The fourth-order valence-corrected chi connectivity index (χ4v) is 2.93. The first-order valence-electron chi connectivity index (χ1n) is 7.15. The summed E-state index contributed by atoms with van der Waals surface area (Å²) in [6, 6.07) is 6.37. The fourth-order valence-electron chi connectivity index (χ4n) is 2.93. The Hall–Kier alpha value is -1.39. The number of aromatic amines is 1. The normalized spacial score (nSPS) is 18.2. The van der Waals surface area contributed by atoms with Crippen molar-refractivity contribution in [2.45, 2.75) is 19.4 Å². The van der Waals surface area contributed by atoms with E-state index < -0.39 is 0 Å². The Morgan fingerprint density at radius 1 is 1.32 bits per heavy atom. The summed E-state index contributed by atoms with van der Waals surface area (Å²) in [6.07, 6.45) is 4.54. The van der Waals surface area contributed by atoms with Gasteiger partial charge in [-0.3, -0.25) is 4.90 Å². The number of fused-ring (bicyclic) bond motifs is 1. The van der Waals surface area contributed by atoms with Crippen molar-refractivity contribution < 1.29 is 0 Å². The van der Waals surface area contributed by atoms with Crippen LogP contribution in [0.25, 0.3) is 11.0 Å². The molecule has 1 fully saturated rings. The Morgan fingerprint density at radius 3 is 2.95 bits per heavy atom. The van der Waals surface area contributed by atoms with Crippen LogP contribution < -0.4 is 5.32 Å². The summed E-state index contributed by atoms with van der Waals surface area (Å²) in [5.74, 6) is 0.847. The molecule has 0 saturated carbocycles. The van der Waals surface area contributed by atoms with Gasteiger partial charge in [0.15, 0.2) is 0 Å². The van der Waals surface area contributed by atoms with Gasteiger partial charge >= 0.3 is 0 Å². The summed E-state index contributed by atoms with van der Waals surface area (Å²) >= 11 is 0. The molecule has 3 heterocycles. The molecule has 4 nitrogen and oxygen atoms in total. The lowest BCUT2D eigenvalue weighted by Gasteiger charge is -2.31. The fraction of sp³-hybridized carbons (Fsp3) is 0.533. The van der Waals surface area contributed by atoms with Crippen LogP contribution in [0.2, 0.25) is 0 Å². The molecule has 0 atom stereocenters. The number of H-pyrrole nitrogens is 1. The third-order valence-electron chi connectivity index (χ3n) is 4.05. The largest absolute Gasteiger partial charge is 0.346 e. The van der Waals surface area contributed by atoms with Gasteiger partial charge in [0.2, 0.25) is 0 Å². The minimum Gasteiger partial charge on any atom is -0.346 e. The summed E-state index contributed by atoms with van der Waals surface area (Å²) in [4.78, 5) is 10.4. The van der Waals surface area contributed by atoms with Gasteiger partial charge in [-0.1, -0.05) is 0 Å². The van der Waals surface area contributed by atoms with Gasteiger partial charge in [0, 0.05) is 18.1 Å². The van der Waals surface area contributed by atoms with Gasteiger partial charge in [-0.15, -0.1) is 0 Å². The molecule has 2 aromatic heterocycles. The molecule has 0 spiro atoms. The topological polar surface area (TPSA) is 44.0 Å². The zero-order valence-electron chi connectivity index (χ0n) is 11.5. The van der Waals surface area contributed by atoms with E-state index in [0.29, 0.717) is 0 Å². The van der Waals surface area contributed by atoms with Crippen molar-refractivity contribution in [2.75, 3.05) is 26.7 Å². The number of nitrogens with one attached hydrogen (secondary N) is 2. The summed E-state index contributed by atoms with van der Waals surface area (Å²) in [7, 11) is 2.04. The van der Waals surface area contributed by atoms with Crippen LogP contribution in [0.5, 0.6) is 0 Å². The van der Waals surface area contributed by atoms with Gasteiger partial charge in [0.1, 0.15) is 5.65 Å². The number of likely N-dealkylation sites (tertiary alicyclic amines) is 1. The maximum absolute atomic E-state index is 4.68. The molecule has 0 radical (unpaired) electrons. The third-order valence-corrected chi connectivity index (χ3v) is 4.05. The minimum atomic E-state index is 0.847. The maximum Gasteiger partial charge on any atom is 0.137 e. The molecule has 2 aromatic rings. The van der Waals surface area contributed by atoms with Gasteiger partial charge < -0.3 is 10.3 Å². The van der Waals surface area contributed by atoms with E-state index in [9.17, 15) is 0 Å². The van der Waals surface area contributed by atoms with Crippen molar-refractivity contribution in [1.29, 1.82) is 0 Å². The second-order valence-electron chi connectivity index (χ2n) is 5.50. The van der Waals surface area contributed by atoms with Crippen LogP contribution in [0.1, 0.15) is 18.5 Å². The van der Waals surface area contributed by atoms with Crippen LogP contribution in [-0.4, -0.2) is 41.5 Å². The molecule has 1 aliphatic rings. The number of pyridine rings is 1. The highest BCUT2D eigenvalue weighted by atomic mass is 15.1. The van der Waals surface area contributed by atoms with Crippen LogP contribution in [-0.2, 0) is 6.54 Å². The SMILES string of the molecule is CNCC1CCN(Cc2ccc3cc[nH]c3n2)CC1. The summed E-state index contributed by atoms with van der Waals surface area (Å²) in [5, 5.41) is 4.48. The molecule has 0 amide bonds. The summed E-state index contributed by atoms with van der Waals surface area (Å²) < 4.78 is 0. The zero-order chi connectivity index (χ0) is 13.1. The van der Waals surface area contributed by atoms with E-state index >= 15 is 0 Å². The second-order valence-corrected chi connectivity index (χ2v) is 5.50. The molecule has 3 rings (SSSR count). The van der Waals surface area contributed by atoms with Crippen LogP contribution in [0.3, 0.4) is 0 Å². The van der Waals surface area contributed by atoms with Crippen molar-refractivity contribution in [3.63, 3.8) is 0 Å². The monoisotopic (exact) mass is 258 g/mol. The van der Waals surface area contributed by atoms with Crippen LogP contribution in [0.4, 0.5) is 0 Å². The molecular formula is C15H22N4. The molecule has 4 heteroatoms. The van der Waals surface area contributed by atoms with Crippen molar-refractivity contribution in [1.82, 2.24) is 20.2 Å². The molecule has 2 N–H and O–H groups in total. The molecule has 0 bridgehead atoms. The number of aromatic nitrogens is 2. The Balaban J connectivity index is 1.59.